The third-order valence-corrected chi connectivity index (χ3v) is 7.69. The summed E-state index contributed by atoms with van der Waals surface area (Å²) in [6.45, 7) is 5.08. The predicted octanol–water partition coefficient (Wildman–Crippen LogP) is 5.50. The maximum atomic E-state index is 13.3. The van der Waals surface area contributed by atoms with E-state index in [0.29, 0.717) is 13.1 Å². The van der Waals surface area contributed by atoms with Crippen molar-refractivity contribution < 1.29 is 9.53 Å². The first-order chi connectivity index (χ1) is 17.1. The number of carbonyl (C=O) groups excluding carboxylic acids is 1. The molecule has 0 saturated carbocycles. The standard InChI is InChI=1S/C28H26N4O2S/c1-19-6-8-20(9-7-19)24-18-32-25-11-10-21(16-26(25)35-28(32)29-24)27(33)31-14-12-30(13-15-31)22-4-3-5-23(17-22)34-2/h3-11,16-18H,12-15H2,1-2H3. The van der Waals surface area contributed by atoms with Crippen LogP contribution in [-0.4, -0.2) is 53.5 Å². The first kappa shape index (κ1) is 21.7. The molecule has 0 N–H and O–H groups in total. The molecular formula is C28H26N4O2S. The number of rotatable bonds is 4. The molecule has 0 atom stereocenters. The van der Waals surface area contributed by atoms with Crippen LogP contribution in [-0.2, 0) is 0 Å². The van der Waals surface area contributed by atoms with Crippen LogP contribution in [0.5, 0.6) is 5.75 Å². The lowest BCUT2D eigenvalue weighted by Gasteiger charge is -2.36. The van der Waals surface area contributed by atoms with Crippen molar-refractivity contribution in [2.24, 2.45) is 0 Å². The number of aromatic nitrogens is 2. The van der Waals surface area contributed by atoms with E-state index in [2.05, 4.69) is 52.8 Å². The number of benzene rings is 3. The van der Waals surface area contributed by atoms with Gasteiger partial charge in [0, 0.05) is 55.3 Å². The van der Waals surface area contributed by atoms with Crippen molar-refractivity contribution in [2.75, 3.05) is 38.2 Å². The molecule has 0 radical (unpaired) electrons. The summed E-state index contributed by atoms with van der Waals surface area (Å²) in [6.07, 6.45) is 2.08. The van der Waals surface area contributed by atoms with Crippen LogP contribution in [0.3, 0.4) is 0 Å². The number of nitrogens with zero attached hydrogens (tertiary/aromatic N) is 4. The van der Waals surface area contributed by atoms with E-state index in [-0.39, 0.29) is 5.91 Å². The van der Waals surface area contributed by atoms with Gasteiger partial charge in [-0.1, -0.05) is 47.2 Å². The van der Waals surface area contributed by atoms with E-state index in [1.807, 2.05) is 41.3 Å². The second-order valence-electron chi connectivity index (χ2n) is 8.91. The molecule has 2 aromatic heterocycles. The Morgan fingerprint density at radius 1 is 0.971 bits per heavy atom. The van der Waals surface area contributed by atoms with Crippen molar-refractivity contribution in [3.8, 4) is 17.0 Å². The van der Waals surface area contributed by atoms with Gasteiger partial charge in [0.2, 0.25) is 0 Å². The molecule has 1 amide bonds. The van der Waals surface area contributed by atoms with E-state index >= 15 is 0 Å². The van der Waals surface area contributed by atoms with Crippen molar-refractivity contribution in [2.45, 2.75) is 6.92 Å². The minimum atomic E-state index is 0.0866. The molecule has 1 aliphatic rings. The molecule has 0 bridgehead atoms. The Hall–Kier alpha value is -3.84. The number of carbonyl (C=O) groups is 1. The van der Waals surface area contributed by atoms with E-state index < -0.39 is 0 Å². The van der Waals surface area contributed by atoms with E-state index in [9.17, 15) is 4.79 Å². The van der Waals surface area contributed by atoms with E-state index in [4.69, 9.17) is 9.72 Å². The molecule has 3 aromatic carbocycles. The van der Waals surface area contributed by atoms with Crippen molar-refractivity contribution in [1.82, 2.24) is 14.3 Å². The smallest absolute Gasteiger partial charge is 0.254 e. The third kappa shape index (κ3) is 4.02. The first-order valence-corrected chi connectivity index (χ1v) is 12.6. The summed E-state index contributed by atoms with van der Waals surface area (Å²) in [6, 6.07) is 22.5. The summed E-state index contributed by atoms with van der Waals surface area (Å²) >= 11 is 1.62. The van der Waals surface area contributed by atoms with Gasteiger partial charge in [-0.05, 0) is 37.3 Å². The number of thiazole rings is 1. The number of methoxy groups -OCH3 is 1. The van der Waals surface area contributed by atoms with Crippen LogP contribution in [0.25, 0.3) is 26.4 Å². The number of aryl methyl sites for hydroxylation is 1. The summed E-state index contributed by atoms with van der Waals surface area (Å²) < 4.78 is 8.55. The highest BCUT2D eigenvalue weighted by atomic mass is 32.1. The average molecular weight is 483 g/mol. The predicted molar refractivity (Wildman–Crippen MR) is 142 cm³/mol. The zero-order valence-corrected chi connectivity index (χ0v) is 20.6. The third-order valence-electron chi connectivity index (χ3n) is 6.67. The van der Waals surface area contributed by atoms with Gasteiger partial charge in [0.25, 0.3) is 5.91 Å². The molecule has 6 rings (SSSR count). The molecule has 0 aliphatic carbocycles. The van der Waals surface area contributed by atoms with Crippen LogP contribution in [0.1, 0.15) is 15.9 Å². The summed E-state index contributed by atoms with van der Waals surface area (Å²) in [5.74, 6) is 0.936. The van der Waals surface area contributed by atoms with Gasteiger partial charge in [-0.2, -0.15) is 0 Å². The van der Waals surface area contributed by atoms with Crippen molar-refractivity contribution in [1.29, 1.82) is 0 Å². The lowest BCUT2D eigenvalue weighted by molar-refractivity contribution is 0.0747. The van der Waals surface area contributed by atoms with Gasteiger partial charge in [-0.3, -0.25) is 9.20 Å². The zero-order chi connectivity index (χ0) is 23.9. The molecule has 35 heavy (non-hydrogen) atoms. The Morgan fingerprint density at radius 2 is 1.77 bits per heavy atom. The Labute approximate surface area is 208 Å². The van der Waals surface area contributed by atoms with Crippen LogP contribution in [0.4, 0.5) is 5.69 Å². The Bertz CT molecular complexity index is 1530. The second-order valence-corrected chi connectivity index (χ2v) is 9.92. The van der Waals surface area contributed by atoms with E-state index in [0.717, 1.165) is 56.5 Å². The molecular weight excluding hydrogens is 456 g/mol. The Balaban J connectivity index is 1.19. The maximum absolute atomic E-state index is 13.3. The van der Waals surface area contributed by atoms with E-state index in [1.54, 1.807) is 18.4 Å². The summed E-state index contributed by atoms with van der Waals surface area (Å²) in [7, 11) is 1.68. The molecule has 1 fully saturated rings. The molecule has 0 unspecified atom stereocenters. The van der Waals surface area contributed by atoms with Gasteiger partial charge in [-0.25, -0.2) is 4.98 Å². The monoisotopic (exact) mass is 482 g/mol. The van der Waals surface area contributed by atoms with Crippen LogP contribution >= 0.6 is 11.3 Å². The van der Waals surface area contributed by atoms with Crippen LogP contribution in [0, 0.1) is 6.92 Å². The molecule has 3 heterocycles. The summed E-state index contributed by atoms with van der Waals surface area (Å²) in [5.41, 5.74) is 6.25. The number of imidazole rings is 1. The number of ether oxygens (including phenoxy) is 1. The highest BCUT2D eigenvalue weighted by molar-refractivity contribution is 7.23. The first-order valence-electron chi connectivity index (χ1n) is 11.8. The number of fused-ring (bicyclic) bond motifs is 3. The highest BCUT2D eigenvalue weighted by Gasteiger charge is 2.23. The van der Waals surface area contributed by atoms with E-state index in [1.165, 1.54) is 5.56 Å². The quantitative estimate of drug-likeness (QED) is 0.340. The topological polar surface area (TPSA) is 50.1 Å². The largest absolute Gasteiger partial charge is 0.497 e. The minimum Gasteiger partial charge on any atom is -0.497 e. The van der Waals surface area contributed by atoms with Gasteiger partial charge in [0.1, 0.15) is 5.75 Å². The number of piperazine rings is 1. The molecule has 176 valence electrons. The number of amides is 1. The second kappa shape index (κ2) is 8.74. The lowest BCUT2D eigenvalue weighted by Crippen LogP contribution is -2.48. The van der Waals surface area contributed by atoms with Gasteiger partial charge in [0.15, 0.2) is 4.96 Å². The van der Waals surface area contributed by atoms with Crippen LogP contribution < -0.4 is 9.64 Å². The van der Waals surface area contributed by atoms with Crippen LogP contribution in [0.2, 0.25) is 0 Å². The molecule has 7 heteroatoms. The lowest BCUT2D eigenvalue weighted by atomic mass is 10.1. The fourth-order valence-electron chi connectivity index (χ4n) is 4.66. The van der Waals surface area contributed by atoms with Crippen molar-refractivity contribution in [3.05, 3.63) is 84.1 Å². The van der Waals surface area contributed by atoms with Gasteiger partial charge in [-0.15, -0.1) is 0 Å². The van der Waals surface area contributed by atoms with Crippen LogP contribution in [0.15, 0.2) is 72.9 Å². The highest BCUT2D eigenvalue weighted by Crippen LogP contribution is 2.31. The maximum Gasteiger partial charge on any atom is 0.254 e. The van der Waals surface area contributed by atoms with Crippen molar-refractivity contribution >= 4 is 38.1 Å². The summed E-state index contributed by atoms with van der Waals surface area (Å²) in [4.78, 5) is 23.3. The van der Waals surface area contributed by atoms with Gasteiger partial charge < -0.3 is 14.5 Å². The molecule has 5 aromatic rings. The fourth-order valence-corrected chi connectivity index (χ4v) is 5.70. The van der Waals surface area contributed by atoms with Gasteiger partial charge >= 0.3 is 0 Å². The minimum absolute atomic E-state index is 0.0866. The molecule has 1 saturated heterocycles. The average Bonchev–Trinajstić information content (AvgIpc) is 3.46. The number of hydrogen-bond donors (Lipinski definition) is 0. The molecule has 6 nitrogen and oxygen atoms in total. The normalized spacial score (nSPS) is 14.1. The number of hydrogen-bond acceptors (Lipinski definition) is 5. The van der Waals surface area contributed by atoms with Gasteiger partial charge in [0.05, 0.1) is 23.0 Å². The molecule has 0 spiro atoms. The fraction of sp³-hybridized carbons (Fsp3) is 0.214. The summed E-state index contributed by atoms with van der Waals surface area (Å²) in [5, 5.41) is 0. The molecule has 1 aliphatic heterocycles. The Kier molecular flexibility index (Phi) is 5.41. The SMILES string of the molecule is COc1cccc(N2CCN(C(=O)c3ccc4c(c3)sc3nc(-c5ccc(C)cc5)cn34)CC2)c1. The number of anilines is 1. The van der Waals surface area contributed by atoms with Crippen molar-refractivity contribution in [3.63, 3.8) is 0 Å². The Morgan fingerprint density at radius 3 is 2.54 bits per heavy atom. The zero-order valence-electron chi connectivity index (χ0n) is 19.8.